The molecule has 0 aliphatic carbocycles. The van der Waals surface area contributed by atoms with Crippen LogP contribution in [0.15, 0.2) is 48.5 Å². The van der Waals surface area contributed by atoms with Crippen molar-refractivity contribution in [2.24, 2.45) is 11.7 Å². The van der Waals surface area contributed by atoms with Gasteiger partial charge in [0, 0.05) is 22.0 Å². The smallest absolute Gasteiger partial charge is 0.225 e. The van der Waals surface area contributed by atoms with E-state index in [1.807, 2.05) is 38.1 Å². The fraction of sp³-hybridized carbons (Fsp3) is 0.278. The fourth-order valence-electron chi connectivity index (χ4n) is 2.18. The van der Waals surface area contributed by atoms with E-state index in [1.54, 1.807) is 24.3 Å². The first-order chi connectivity index (χ1) is 10.9. The third-order valence-electron chi connectivity index (χ3n) is 3.90. The van der Waals surface area contributed by atoms with Crippen molar-refractivity contribution in [3.05, 3.63) is 69.7 Å². The van der Waals surface area contributed by atoms with Crippen LogP contribution in [0.1, 0.15) is 31.0 Å². The zero-order valence-corrected chi connectivity index (χ0v) is 15.8. The van der Waals surface area contributed by atoms with Crippen molar-refractivity contribution in [3.63, 3.8) is 0 Å². The molecule has 2 rings (SSSR count). The maximum absolute atomic E-state index is 12.4. The van der Waals surface area contributed by atoms with Crippen molar-refractivity contribution >= 4 is 41.5 Å². The molecule has 2 atom stereocenters. The molecular formula is C18H21Cl3N2O. The molecule has 2 aromatic rings. The summed E-state index contributed by atoms with van der Waals surface area (Å²) in [6, 6.07) is 14.3. The van der Waals surface area contributed by atoms with Crippen LogP contribution in [0.5, 0.6) is 0 Å². The largest absolute Gasteiger partial charge is 0.345 e. The molecule has 130 valence electrons. The van der Waals surface area contributed by atoms with Crippen LogP contribution < -0.4 is 11.1 Å². The SMILES string of the molecule is CC(N)C(C)C(=O)NC(c1ccc(Cl)cc1)c1ccc(Cl)cc1.Cl. The van der Waals surface area contributed by atoms with Gasteiger partial charge in [-0.05, 0) is 42.3 Å². The van der Waals surface area contributed by atoms with Crippen molar-refractivity contribution in [2.45, 2.75) is 25.9 Å². The summed E-state index contributed by atoms with van der Waals surface area (Å²) >= 11 is 11.9. The Morgan fingerprint density at radius 1 is 0.917 bits per heavy atom. The van der Waals surface area contributed by atoms with Crippen molar-refractivity contribution in [1.29, 1.82) is 0 Å². The number of benzene rings is 2. The molecule has 0 saturated heterocycles. The van der Waals surface area contributed by atoms with Crippen LogP contribution in [0, 0.1) is 5.92 Å². The van der Waals surface area contributed by atoms with Gasteiger partial charge in [0.2, 0.25) is 5.91 Å². The second-order valence-electron chi connectivity index (χ2n) is 5.69. The highest BCUT2D eigenvalue weighted by Gasteiger charge is 2.22. The van der Waals surface area contributed by atoms with E-state index < -0.39 is 0 Å². The Hall–Kier alpha value is -1.26. The molecule has 2 unspecified atom stereocenters. The first kappa shape index (κ1) is 20.8. The summed E-state index contributed by atoms with van der Waals surface area (Å²) in [6.45, 7) is 3.64. The molecule has 2 aromatic carbocycles. The van der Waals surface area contributed by atoms with E-state index in [-0.39, 0.29) is 36.3 Å². The van der Waals surface area contributed by atoms with Gasteiger partial charge in [0.05, 0.1) is 6.04 Å². The fourth-order valence-corrected chi connectivity index (χ4v) is 2.43. The Labute approximate surface area is 158 Å². The van der Waals surface area contributed by atoms with Gasteiger partial charge in [0.1, 0.15) is 0 Å². The Balaban J connectivity index is 0.00000288. The lowest BCUT2D eigenvalue weighted by Gasteiger charge is -2.23. The Bertz CT molecular complexity index is 611. The predicted molar refractivity (Wildman–Crippen MR) is 103 cm³/mol. The molecule has 6 heteroatoms. The van der Waals surface area contributed by atoms with Gasteiger partial charge in [-0.1, -0.05) is 54.4 Å². The van der Waals surface area contributed by atoms with Crippen LogP contribution >= 0.6 is 35.6 Å². The molecule has 0 aromatic heterocycles. The predicted octanol–water partition coefficient (Wildman–Crippen LogP) is 4.60. The average Bonchev–Trinajstić information content (AvgIpc) is 2.53. The number of amides is 1. The van der Waals surface area contributed by atoms with Crippen LogP contribution in [0.4, 0.5) is 0 Å². The van der Waals surface area contributed by atoms with E-state index in [0.717, 1.165) is 11.1 Å². The Morgan fingerprint density at radius 2 is 1.29 bits per heavy atom. The van der Waals surface area contributed by atoms with Gasteiger partial charge < -0.3 is 11.1 Å². The second kappa shape index (κ2) is 9.28. The normalized spacial score (nSPS) is 13.1. The van der Waals surface area contributed by atoms with Gasteiger partial charge in [0.25, 0.3) is 0 Å². The Morgan fingerprint density at radius 3 is 1.62 bits per heavy atom. The van der Waals surface area contributed by atoms with E-state index in [4.69, 9.17) is 28.9 Å². The molecule has 0 saturated carbocycles. The molecule has 24 heavy (non-hydrogen) atoms. The number of carbonyl (C=O) groups is 1. The van der Waals surface area contributed by atoms with Crippen molar-refractivity contribution in [2.75, 3.05) is 0 Å². The molecule has 3 N–H and O–H groups in total. The summed E-state index contributed by atoms with van der Waals surface area (Å²) in [5.74, 6) is -0.369. The lowest BCUT2D eigenvalue weighted by atomic mass is 9.96. The van der Waals surface area contributed by atoms with Gasteiger partial charge in [-0.25, -0.2) is 0 Å². The third kappa shape index (κ3) is 5.38. The summed E-state index contributed by atoms with van der Waals surface area (Å²) in [5.41, 5.74) is 7.73. The molecule has 0 bridgehead atoms. The minimum atomic E-state index is -0.280. The zero-order chi connectivity index (χ0) is 17.0. The lowest BCUT2D eigenvalue weighted by Crippen LogP contribution is -2.40. The van der Waals surface area contributed by atoms with E-state index in [0.29, 0.717) is 10.0 Å². The van der Waals surface area contributed by atoms with E-state index in [9.17, 15) is 4.79 Å². The van der Waals surface area contributed by atoms with E-state index in [2.05, 4.69) is 5.32 Å². The molecule has 0 heterocycles. The monoisotopic (exact) mass is 386 g/mol. The van der Waals surface area contributed by atoms with Crippen LogP contribution in [0.2, 0.25) is 10.0 Å². The highest BCUT2D eigenvalue weighted by atomic mass is 35.5. The van der Waals surface area contributed by atoms with Gasteiger partial charge in [-0.2, -0.15) is 0 Å². The molecule has 0 spiro atoms. The van der Waals surface area contributed by atoms with E-state index >= 15 is 0 Å². The highest BCUT2D eigenvalue weighted by molar-refractivity contribution is 6.30. The molecule has 3 nitrogen and oxygen atoms in total. The van der Waals surface area contributed by atoms with Crippen molar-refractivity contribution in [1.82, 2.24) is 5.32 Å². The zero-order valence-electron chi connectivity index (χ0n) is 13.5. The quantitative estimate of drug-likeness (QED) is 0.787. The van der Waals surface area contributed by atoms with Crippen LogP contribution in [0.3, 0.4) is 0 Å². The maximum Gasteiger partial charge on any atom is 0.225 e. The summed E-state index contributed by atoms with van der Waals surface area (Å²) in [5, 5.41) is 4.37. The molecular weight excluding hydrogens is 367 g/mol. The topological polar surface area (TPSA) is 55.1 Å². The Kier molecular flexibility index (Phi) is 8.04. The molecule has 0 radical (unpaired) electrons. The molecule has 0 fully saturated rings. The lowest BCUT2D eigenvalue weighted by molar-refractivity contribution is -0.125. The number of carbonyl (C=O) groups excluding carboxylic acids is 1. The van der Waals surface area contributed by atoms with Gasteiger partial charge in [-0.3, -0.25) is 4.79 Å². The standard InChI is InChI=1S/C18H20Cl2N2O.ClH/c1-11(12(2)21)18(23)22-17(13-3-7-15(19)8-4-13)14-5-9-16(20)10-6-14;/h3-12,17H,21H2,1-2H3,(H,22,23);1H. The second-order valence-corrected chi connectivity index (χ2v) is 6.57. The first-order valence-corrected chi connectivity index (χ1v) is 8.21. The molecule has 0 aliphatic rings. The molecule has 1 amide bonds. The van der Waals surface area contributed by atoms with Crippen LogP contribution in [0.25, 0.3) is 0 Å². The van der Waals surface area contributed by atoms with Gasteiger partial charge in [-0.15, -0.1) is 12.4 Å². The minimum absolute atomic E-state index is 0. The summed E-state index contributed by atoms with van der Waals surface area (Å²) in [7, 11) is 0. The summed E-state index contributed by atoms with van der Waals surface area (Å²) in [4.78, 5) is 12.4. The van der Waals surface area contributed by atoms with Crippen LogP contribution in [-0.4, -0.2) is 11.9 Å². The number of hydrogen-bond donors (Lipinski definition) is 2. The minimum Gasteiger partial charge on any atom is -0.345 e. The van der Waals surface area contributed by atoms with E-state index in [1.165, 1.54) is 0 Å². The number of halogens is 3. The van der Waals surface area contributed by atoms with Crippen molar-refractivity contribution in [3.8, 4) is 0 Å². The number of nitrogens with one attached hydrogen (secondary N) is 1. The summed E-state index contributed by atoms with van der Waals surface area (Å²) < 4.78 is 0. The first-order valence-electron chi connectivity index (χ1n) is 7.45. The van der Waals surface area contributed by atoms with Gasteiger partial charge in [0.15, 0.2) is 0 Å². The van der Waals surface area contributed by atoms with Crippen molar-refractivity contribution < 1.29 is 4.79 Å². The average molecular weight is 388 g/mol. The maximum atomic E-state index is 12.4. The highest BCUT2D eigenvalue weighted by Crippen LogP contribution is 2.25. The number of hydrogen-bond acceptors (Lipinski definition) is 2. The number of rotatable bonds is 5. The van der Waals surface area contributed by atoms with Gasteiger partial charge >= 0.3 is 0 Å². The summed E-state index contributed by atoms with van der Waals surface area (Å²) in [6.07, 6.45) is 0. The third-order valence-corrected chi connectivity index (χ3v) is 4.40. The van der Waals surface area contributed by atoms with Crippen LogP contribution in [-0.2, 0) is 4.79 Å². The number of nitrogens with two attached hydrogens (primary N) is 1. The molecule has 0 aliphatic heterocycles.